The van der Waals surface area contributed by atoms with E-state index in [0.29, 0.717) is 22.1 Å². The predicted octanol–water partition coefficient (Wildman–Crippen LogP) is 3.80. The van der Waals surface area contributed by atoms with Crippen molar-refractivity contribution in [1.82, 2.24) is 0 Å². The van der Waals surface area contributed by atoms with Gasteiger partial charge in [0.25, 0.3) is 0 Å². The highest BCUT2D eigenvalue weighted by molar-refractivity contribution is 6.30. The molecule has 130 valence electrons. The Kier molecular flexibility index (Phi) is 6.60. The lowest BCUT2D eigenvalue weighted by Gasteiger charge is -2.11. The summed E-state index contributed by atoms with van der Waals surface area (Å²) in [5, 5.41) is 0.565. The molecule has 0 amide bonds. The van der Waals surface area contributed by atoms with E-state index in [2.05, 4.69) is 4.74 Å². The molecule has 0 N–H and O–H groups in total. The zero-order chi connectivity index (χ0) is 18.2. The highest BCUT2D eigenvalue weighted by atomic mass is 35.5. The number of hydrogen-bond donors (Lipinski definition) is 0. The number of ketones is 1. The van der Waals surface area contributed by atoms with E-state index >= 15 is 0 Å². The van der Waals surface area contributed by atoms with E-state index in [0.717, 1.165) is 5.56 Å². The van der Waals surface area contributed by atoms with Crippen LogP contribution >= 0.6 is 11.6 Å². The Morgan fingerprint density at radius 2 is 1.76 bits per heavy atom. The summed E-state index contributed by atoms with van der Waals surface area (Å²) in [7, 11) is 2.80. The SMILES string of the molecule is COC(=O)/C=C/c1ccc(OCC(=O)c2ccc(Cl)cc2)c(OC)c1. The van der Waals surface area contributed by atoms with Crippen molar-refractivity contribution in [2.75, 3.05) is 20.8 Å². The summed E-state index contributed by atoms with van der Waals surface area (Å²) in [6, 6.07) is 11.7. The van der Waals surface area contributed by atoms with E-state index in [1.807, 2.05) is 0 Å². The second-order valence-electron chi connectivity index (χ2n) is 4.99. The molecule has 0 unspecified atom stereocenters. The van der Waals surface area contributed by atoms with Crippen LogP contribution in [0.25, 0.3) is 6.08 Å². The zero-order valence-electron chi connectivity index (χ0n) is 13.8. The molecule has 25 heavy (non-hydrogen) atoms. The van der Waals surface area contributed by atoms with Crippen LogP contribution in [0.4, 0.5) is 0 Å². The summed E-state index contributed by atoms with van der Waals surface area (Å²) in [5.74, 6) is 0.261. The first-order valence-corrected chi connectivity index (χ1v) is 7.77. The lowest BCUT2D eigenvalue weighted by molar-refractivity contribution is -0.134. The summed E-state index contributed by atoms with van der Waals surface area (Å²) in [5.41, 5.74) is 1.25. The molecule has 0 radical (unpaired) electrons. The van der Waals surface area contributed by atoms with E-state index in [1.54, 1.807) is 48.5 Å². The van der Waals surface area contributed by atoms with Gasteiger partial charge in [-0.15, -0.1) is 0 Å². The monoisotopic (exact) mass is 360 g/mol. The van der Waals surface area contributed by atoms with Crippen LogP contribution in [0.15, 0.2) is 48.5 Å². The normalized spacial score (nSPS) is 10.5. The van der Waals surface area contributed by atoms with Crippen LogP contribution < -0.4 is 9.47 Å². The quantitative estimate of drug-likeness (QED) is 0.427. The van der Waals surface area contributed by atoms with Gasteiger partial charge in [-0.2, -0.15) is 0 Å². The van der Waals surface area contributed by atoms with Gasteiger partial charge in [0.15, 0.2) is 23.9 Å². The maximum absolute atomic E-state index is 12.1. The third-order valence-electron chi connectivity index (χ3n) is 3.33. The van der Waals surface area contributed by atoms with E-state index < -0.39 is 5.97 Å². The Hall–Kier alpha value is -2.79. The van der Waals surface area contributed by atoms with Crippen molar-refractivity contribution in [1.29, 1.82) is 0 Å². The van der Waals surface area contributed by atoms with Gasteiger partial charge in [0, 0.05) is 16.7 Å². The van der Waals surface area contributed by atoms with Gasteiger partial charge in [-0.05, 0) is 48.0 Å². The average molecular weight is 361 g/mol. The lowest BCUT2D eigenvalue weighted by Crippen LogP contribution is -2.12. The van der Waals surface area contributed by atoms with Crippen LogP contribution in [-0.4, -0.2) is 32.6 Å². The minimum Gasteiger partial charge on any atom is -0.493 e. The lowest BCUT2D eigenvalue weighted by atomic mass is 10.1. The molecule has 0 atom stereocenters. The minimum absolute atomic E-state index is 0.130. The third-order valence-corrected chi connectivity index (χ3v) is 3.58. The van der Waals surface area contributed by atoms with Crippen molar-refractivity contribution >= 4 is 29.4 Å². The average Bonchev–Trinajstić information content (AvgIpc) is 2.64. The molecule has 0 saturated heterocycles. The highest BCUT2D eigenvalue weighted by Gasteiger charge is 2.10. The van der Waals surface area contributed by atoms with Crippen molar-refractivity contribution in [2.45, 2.75) is 0 Å². The van der Waals surface area contributed by atoms with Gasteiger partial charge >= 0.3 is 5.97 Å². The first-order chi connectivity index (χ1) is 12.0. The number of carbonyl (C=O) groups is 2. The molecule has 0 fully saturated rings. The van der Waals surface area contributed by atoms with Crippen molar-refractivity contribution < 1.29 is 23.8 Å². The smallest absolute Gasteiger partial charge is 0.330 e. The number of benzene rings is 2. The van der Waals surface area contributed by atoms with E-state index in [1.165, 1.54) is 20.3 Å². The number of esters is 1. The molecule has 6 heteroatoms. The van der Waals surface area contributed by atoms with Crippen molar-refractivity contribution in [3.63, 3.8) is 0 Å². The van der Waals surface area contributed by atoms with Gasteiger partial charge in [0.1, 0.15) is 0 Å². The largest absolute Gasteiger partial charge is 0.493 e. The standard InChI is InChI=1S/C19H17ClO5/c1-23-18-11-13(4-10-19(22)24-2)3-9-17(18)25-12-16(21)14-5-7-15(20)8-6-14/h3-11H,12H2,1-2H3/b10-4+. The molecular weight excluding hydrogens is 344 g/mol. The summed E-state index contributed by atoms with van der Waals surface area (Å²) in [6.07, 6.45) is 2.90. The number of halogens is 1. The molecule has 0 aromatic heterocycles. The second-order valence-corrected chi connectivity index (χ2v) is 5.42. The molecule has 2 aromatic rings. The molecule has 0 aliphatic rings. The molecule has 0 bridgehead atoms. The fraction of sp³-hybridized carbons (Fsp3) is 0.158. The second kappa shape index (κ2) is 8.89. The Bertz CT molecular complexity index is 781. The fourth-order valence-corrected chi connectivity index (χ4v) is 2.13. The van der Waals surface area contributed by atoms with Gasteiger partial charge in [-0.3, -0.25) is 4.79 Å². The first kappa shape index (κ1) is 18.5. The van der Waals surface area contributed by atoms with Crippen LogP contribution in [-0.2, 0) is 9.53 Å². The van der Waals surface area contributed by atoms with Crippen molar-refractivity contribution in [3.8, 4) is 11.5 Å². The van der Waals surface area contributed by atoms with E-state index in [4.69, 9.17) is 21.1 Å². The minimum atomic E-state index is -0.451. The van der Waals surface area contributed by atoms with E-state index in [-0.39, 0.29) is 12.4 Å². The molecule has 0 aliphatic heterocycles. The Balaban J connectivity index is 2.06. The molecule has 0 heterocycles. The van der Waals surface area contributed by atoms with Gasteiger partial charge < -0.3 is 14.2 Å². The molecule has 5 nitrogen and oxygen atoms in total. The maximum Gasteiger partial charge on any atom is 0.330 e. The van der Waals surface area contributed by atoms with Crippen LogP contribution in [0.5, 0.6) is 11.5 Å². The predicted molar refractivity (Wildman–Crippen MR) is 95.3 cm³/mol. The maximum atomic E-state index is 12.1. The molecule has 0 saturated carbocycles. The number of ether oxygens (including phenoxy) is 3. The molecule has 2 rings (SSSR count). The van der Waals surface area contributed by atoms with Gasteiger partial charge in [-0.25, -0.2) is 4.79 Å². The van der Waals surface area contributed by atoms with Crippen LogP contribution in [0.1, 0.15) is 15.9 Å². The van der Waals surface area contributed by atoms with Gasteiger partial charge in [0.2, 0.25) is 0 Å². The summed E-state index contributed by atoms with van der Waals surface area (Å²) in [4.78, 5) is 23.3. The Labute approximate surface area is 150 Å². The zero-order valence-corrected chi connectivity index (χ0v) is 14.6. The van der Waals surface area contributed by atoms with Crippen LogP contribution in [0.3, 0.4) is 0 Å². The topological polar surface area (TPSA) is 61.8 Å². The van der Waals surface area contributed by atoms with Gasteiger partial charge in [-0.1, -0.05) is 17.7 Å². The third kappa shape index (κ3) is 5.36. The van der Waals surface area contributed by atoms with Crippen LogP contribution in [0.2, 0.25) is 5.02 Å². The summed E-state index contributed by atoms with van der Waals surface area (Å²) >= 11 is 5.80. The molecule has 0 aliphatic carbocycles. The molecule has 0 spiro atoms. The van der Waals surface area contributed by atoms with Crippen molar-refractivity contribution in [3.05, 3.63) is 64.7 Å². The van der Waals surface area contributed by atoms with Crippen LogP contribution in [0, 0.1) is 0 Å². The first-order valence-electron chi connectivity index (χ1n) is 7.39. The Morgan fingerprint density at radius 3 is 2.40 bits per heavy atom. The summed E-state index contributed by atoms with van der Waals surface area (Å²) in [6.45, 7) is -0.130. The van der Waals surface area contributed by atoms with Gasteiger partial charge in [0.05, 0.1) is 14.2 Å². The number of hydrogen-bond acceptors (Lipinski definition) is 5. The fourth-order valence-electron chi connectivity index (χ4n) is 2.00. The number of Topliss-reactive ketones (excluding diaryl/α,β-unsaturated/α-hetero) is 1. The number of carbonyl (C=O) groups excluding carboxylic acids is 2. The van der Waals surface area contributed by atoms with Crippen molar-refractivity contribution in [2.24, 2.45) is 0 Å². The highest BCUT2D eigenvalue weighted by Crippen LogP contribution is 2.28. The molecular formula is C19H17ClO5. The van der Waals surface area contributed by atoms with E-state index in [9.17, 15) is 9.59 Å². The number of methoxy groups -OCH3 is 2. The Morgan fingerprint density at radius 1 is 1.04 bits per heavy atom. The molecule has 2 aromatic carbocycles. The summed E-state index contributed by atoms with van der Waals surface area (Å²) < 4.78 is 15.4. The number of rotatable bonds is 7.